The second kappa shape index (κ2) is 6.38. The molecule has 0 spiro atoms. The quantitative estimate of drug-likeness (QED) is 0.763. The number of anilines is 1. The van der Waals surface area contributed by atoms with Crippen LogP contribution in [0, 0.1) is 6.92 Å². The van der Waals surface area contributed by atoms with Crippen LogP contribution < -0.4 is 14.2 Å². The van der Waals surface area contributed by atoms with E-state index in [2.05, 4.69) is 9.71 Å². The number of imidazole rings is 1. The van der Waals surface area contributed by atoms with E-state index >= 15 is 0 Å². The van der Waals surface area contributed by atoms with Crippen molar-refractivity contribution in [2.75, 3.05) is 17.9 Å². The maximum absolute atomic E-state index is 12.8. The zero-order valence-electron chi connectivity index (χ0n) is 14.0. The molecule has 0 unspecified atom stereocenters. The van der Waals surface area contributed by atoms with E-state index in [0.29, 0.717) is 36.1 Å². The summed E-state index contributed by atoms with van der Waals surface area (Å²) in [5, 5.41) is 0. The number of hydrogen-bond acceptors (Lipinski definition) is 5. The highest BCUT2D eigenvalue weighted by molar-refractivity contribution is 7.92. The molecule has 0 atom stereocenters. The minimum atomic E-state index is -3.75. The molecule has 0 saturated heterocycles. The fourth-order valence-electron chi connectivity index (χ4n) is 2.70. The first-order valence-electron chi connectivity index (χ1n) is 8.04. The number of aryl methyl sites for hydroxylation is 1. The Morgan fingerprint density at radius 2 is 1.77 bits per heavy atom. The lowest BCUT2D eigenvalue weighted by Crippen LogP contribution is -2.18. The summed E-state index contributed by atoms with van der Waals surface area (Å²) in [6, 6.07) is 10.0. The Morgan fingerprint density at radius 1 is 1.08 bits per heavy atom. The SMILES string of the molecule is Cc1ccc(S(=O)(=O)Nc2cc3c(cc2-n2ccnc2)OCCO3)cc1. The topological polar surface area (TPSA) is 82.5 Å². The van der Waals surface area contributed by atoms with Crippen LogP contribution in [0.2, 0.25) is 0 Å². The van der Waals surface area contributed by atoms with Crippen LogP contribution in [0.15, 0.2) is 60.0 Å². The van der Waals surface area contributed by atoms with Gasteiger partial charge in [0.05, 0.1) is 22.6 Å². The molecule has 134 valence electrons. The molecule has 3 aromatic rings. The molecule has 1 aliphatic rings. The van der Waals surface area contributed by atoms with Crippen molar-refractivity contribution in [1.29, 1.82) is 0 Å². The molecule has 2 heterocycles. The van der Waals surface area contributed by atoms with Gasteiger partial charge in [-0.15, -0.1) is 0 Å². The summed E-state index contributed by atoms with van der Waals surface area (Å²) >= 11 is 0. The minimum Gasteiger partial charge on any atom is -0.486 e. The van der Waals surface area contributed by atoms with Gasteiger partial charge in [-0.2, -0.15) is 0 Å². The van der Waals surface area contributed by atoms with Crippen LogP contribution in [-0.2, 0) is 10.0 Å². The van der Waals surface area contributed by atoms with E-state index in [4.69, 9.17) is 9.47 Å². The lowest BCUT2D eigenvalue weighted by Gasteiger charge is -2.22. The Hall–Kier alpha value is -3.00. The number of rotatable bonds is 4. The predicted molar refractivity (Wildman–Crippen MR) is 96.5 cm³/mol. The molecule has 7 nitrogen and oxygen atoms in total. The van der Waals surface area contributed by atoms with Gasteiger partial charge in [0.2, 0.25) is 0 Å². The molecule has 0 bridgehead atoms. The smallest absolute Gasteiger partial charge is 0.261 e. The van der Waals surface area contributed by atoms with Gasteiger partial charge in [-0.05, 0) is 19.1 Å². The first-order chi connectivity index (χ1) is 12.5. The van der Waals surface area contributed by atoms with Gasteiger partial charge in [-0.1, -0.05) is 17.7 Å². The highest BCUT2D eigenvalue weighted by atomic mass is 32.2. The van der Waals surface area contributed by atoms with E-state index in [1.807, 2.05) is 6.92 Å². The Balaban J connectivity index is 1.78. The van der Waals surface area contributed by atoms with Crippen LogP contribution in [-0.4, -0.2) is 31.2 Å². The number of aromatic nitrogens is 2. The van der Waals surface area contributed by atoms with Gasteiger partial charge in [-0.25, -0.2) is 13.4 Å². The van der Waals surface area contributed by atoms with Crippen molar-refractivity contribution < 1.29 is 17.9 Å². The summed E-state index contributed by atoms with van der Waals surface area (Å²) in [5.74, 6) is 1.07. The van der Waals surface area contributed by atoms with E-state index in [-0.39, 0.29) is 4.90 Å². The zero-order chi connectivity index (χ0) is 18.1. The molecule has 0 amide bonds. The fourth-order valence-corrected chi connectivity index (χ4v) is 3.76. The third-order valence-electron chi connectivity index (χ3n) is 4.02. The van der Waals surface area contributed by atoms with E-state index < -0.39 is 10.0 Å². The van der Waals surface area contributed by atoms with E-state index in [9.17, 15) is 8.42 Å². The van der Waals surface area contributed by atoms with Crippen LogP contribution in [0.3, 0.4) is 0 Å². The molecule has 4 rings (SSSR count). The zero-order valence-corrected chi connectivity index (χ0v) is 14.9. The Kier molecular flexibility index (Phi) is 4.04. The van der Waals surface area contributed by atoms with Crippen molar-refractivity contribution in [3.63, 3.8) is 0 Å². The highest BCUT2D eigenvalue weighted by Crippen LogP contribution is 2.38. The number of benzene rings is 2. The van der Waals surface area contributed by atoms with E-state index in [0.717, 1.165) is 5.56 Å². The fraction of sp³-hybridized carbons (Fsp3) is 0.167. The third kappa shape index (κ3) is 3.11. The van der Waals surface area contributed by atoms with Crippen molar-refractivity contribution in [2.45, 2.75) is 11.8 Å². The molecule has 1 aliphatic heterocycles. The second-order valence-corrected chi connectivity index (χ2v) is 7.58. The number of sulfonamides is 1. The number of nitrogens with one attached hydrogen (secondary N) is 1. The van der Waals surface area contributed by atoms with Crippen LogP contribution in [0.1, 0.15) is 5.56 Å². The molecule has 26 heavy (non-hydrogen) atoms. The molecule has 0 saturated carbocycles. The average Bonchev–Trinajstić information content (AvgIpc) is 3.15. The van der Waals surface area contributed by atoms with Gasteiger partial charge >= 0.3 is 0 Å². The molecule has 2 aromatic carbocycles. The Labute approximate surface area is 151 Å². The molecular formula is C18H17N3O4S. The largest absolute Gasteiger partial charge is 0.486 e. The predicted octanol–water partition coefficient (Wildman–Crippen LogP) is 2.75. The van der Waals surface area contributed by atoms with Crippen LogP contribution in [0.4, 0.5) is 5.69 Å². The van der Waals surface area contributed by atoms with Crippen molar-refractivity contribution >= 4 is 15.7 Å². The van der Waals surface area contributed by atoms with Gasteiger partial charge in [0.25, 0.3) is 10.0 Å². The molecule has 0 aliphatic carbocycles. The minimum absolute atomic E-state index is 0.189. The molecule has 8 heteroatoms. The molecule has 0 fully saturated rings. The Morgan fingerprint density at radius 3 is 2.42 bits per heavy atom. The Bertz CT molecular complexity index is 1030. The monoisotopic (exact) mass is 371 g/mol. The van der Waals surface area contributed by atoms with Gasteiger partial charge in [0.15, 0.2) is 11.5 Å². The number of ether oxygens (including phenoxy) is 2. The van der Waals surface area contributed by atoms with Crippen molar-refractivity contribution in [3.05, 3.63) is 60.7 Å². The van der Waals surface area contributed by atoms with Gasteiger partial charge in [-0.3, -0.25) is 4.72 Å². The van der Waals surface area contributed by atoms with Gasteiger partial charge < -0.3 is 14.0 Å². The van der Waals surface area contributed by atoms with Gasteiger partial charge in [0, 0.05) is 24.5 Å². The number of fused-ring (bicyclic) bond motifs is 1. The summed E-state index contributed by atoms with van der Waals surface area (Å²) in [7, 11) is -3.75. The number of hydrogen-bond donors (Lipinski definition) is 1. The maximum Gasteiger partial charge on any atom is 0.261 e. The summed E-state index contributed by atoms with van der Waals surface area (Å²) in [4.78, 5) is 4.22. The summed E-state index contributed by atoms with van der Waals surface area (Å²) in [6.45, 7) is 2.77. The van der Waals surface area contributed by atoms with Gasteiger partial charge in [0.1, 0.15) is 13.2 Å². The van der Waals surface area contributed by atoms with Crippen LogP contribution in [0.25, 0.3) is 5.69 Å². The second-order valence-electron chi connectivity index (χ2n) is 5.90. The van der Waals surface area contributed by atoms with Crippen LogP contribution >= 0.6 is 0 Å². The van der Waals surface area contributed by atoms with Crippen molar-refractivity contribution in [3.8, 4) is 17.2 Å². The molecule has 0 radical (unpaired) electrons. The summed E-state index contributed by atoms with van der Waals surface area (Å²) < 4.78 is 41.1. The molecule has 1 N–H and O–H groups in total. The molecular weight excluding hydrogens is 354 g/mol. The van der Waals surface area contributed by atoms with Crippen molar-refractivity contribution in [1.82, 2.24) is 9.55 Å². The normalized spacial score (nSPS) is 13.4. The maximum atomic E-state index is 12.8. The number of nitrogens with zero attached hydrogens (tertiary/aromatic N) is 2. The van der Waals surface area contributed by atoms with Crippen molar-refractivity contribution in [2.24, 2.45) is 0 Å². The standard InChI is InChI=1S/C18H17N3O4S/c1-13-2-4-14(5-3-13)26(22,23)20-15-10-17-18(25-9-8-24-17)11-16(15)21-7-6-19-12-21/h2-7,10-12,20H,8-9H2,1H3. The average molecular weight is 371 g/mol. The van der Waals surface area contributed by atoms with Crippen LogP contribution in [0.5, 0.6) is 11.5 Å². The first kappa shape index (κ1) is 16.5. The summed E-state index contributed by atoms with van der Waals surface area (Å²) in [5.41, 5.74) is 1.97. The third-order valence-corrected chi connectivity index (χ3v) is 5.40. The summed E-state index contributed by atoms with van der Waals surface area (Å²) in [6.07, 6.45) is 4.94. The highest BCUT2D eigenvalue weighted by Gasteiger charge is 2.21. The lowest BCUT2D eigenvalue weighted by molar-refractivity contribution is 0.171. The first-order valence-corrected chi connectivity index (χ1v) is 9.53. The lowest BCUT2D eigenvalue weighted by atomic mass is 10.2. The molecule has 1 aromatic heterocycles. The van der Waals surface area contributed by atoms with E-state index in [1.165, 1.54) is 0 Å². The van der Waals surface area contributed by atoms with E-state index in [1.54, 1.807) is 59.7 Å².